The van der Waals surface area contributed by atoms with E-state index in [4.69, 9.17) is 4.74 Å². The molecular formula is C12H19N3O2. The highest BCUT2D eigenvalue weighted by Gasteiger charge is 2.09. The molecule has 1 aromatic heterocycles. The minimum absolute atomic E-state index is 0.194. The van der Waals surface area contributed by atoms with Gasteiger partial charge in [-0.1, -0.05) is 6.08 Å². The van der Waals surface area contributed by atoms with Crippen LogP contribution < -0.4 is 0 Å². The number of carbonyl (C=O) groups is 1. The predicted molar refractivity (Wildman–Crippen MR) is 65.5 cm³/mol. The van der Waals surface area contributed by atoms with Crippen molar-refractivity contribution in [3.8, 4) is 0 Å². The Morgan fingerprint density at radius 3 is 3.06 bits per heavy atom. The van der Waals surface area contributed by atoms with Crippen LogP contribution in [0.3, 0.4) is 0 Å². The van der Waals surface area contributed by atoms with Crippen molar-refractivity contribution in [2.24, 2.45) is 0 Å². The topological polar surface area (TPSA) is 47.4 Å². The summed E-state index contributed by atoms with van der Waals surface area (Å²) in [5, 5.41) is 0. The Labute approximate surface area is 102 Å². The molecule has 0 aliphatic rings. The molecule has 0 spiro atoms. The standard InChI is InChI=1S/C12H19N3O2/c1-3-6-14(10-12(16)17-4-2)8-9-15-7-5-13-11-15/h3,5,7,11H,1,4,6,8-10H2,2H3. The van der Waals surface area contributed by atoms with E-state index in [0.29, 0.717) is 19.7 Å². The molecule has 0 N–H and O–H groups in total. The summed E-state index contributed by atoms with van der Waals surface area (Å²) >= 11 is 0. The minimum atomic E-state index is -0.194. The highest BCUT2D eigenvalue weighted by atomic mass is 16.5. The molecule has 0 amide bonds. The Hall–Kier alpha value is -1.62. The van der Waals surface area contributed by atoms with Crippen LogP contribution in [-0.2, 0) is 16.1 Å². The molecule has 0 bridgehead atoms. The lowest BCUT2D eigenvalue weighted by Gasteiger charge is -2.19. The number of esters is 1. The van der Waals surface area contributed by atoms with E-state index in [2.05, 4.69) is 11.6 Å². The Balaban J connectivity index is 2.37. The first kappa shape index (κ1) is 13.4. The van der Waals surface area contributed by atoms with Crippen molar-refractivity contribution in [1.29, 1.82) is 0 Å². The molecule has 5 heteroatoms. The summed E-state index contributed by atoms with van der Waals surface area (Å²) in [5.41, 5.74) is 0. The van der Waals surface area contributed by atoms with Gasteiger partial charge >= 0.3 is 5.97 Å². The van der Waals surface area contributed by atoms with Crippen molar-refractivity contribution in [1.82, 2.24) is 14.5 Å². The van der Waals surface area contributed by atoms with Crippen LogP contribution in [0.25, 0.3) is 0 Å². The molecule has 5 nitrogen and oxygen atoms in total. The highest BCUT2D eigenvalue weighted by molar-refractivity contribution is 5.71. The van der Waals surface area contributed by atoms with E-state index in [-0.39, 0.29) is 5.97 Å². The summed E-state index contributed by atoms with van der Waals surface area (Å²) in [6.45, 7) is 8.45. The first-order chi connectivity index (χ1) is 8.26. The second kappa shape index (κ2) is 7.62. The van der Waals surface area contributed by atoms with E-state index in [1.165, 1.54) is 0 Å². The molecule has 0 fully saturated rings. The summed E-state index contributed by atoms with van der Waals surface area (Å²) < 4.78 is 6.90. The molecule has 1 aromatic rings. The first-order valence-electron chi connectivity index (χ1n) is 5.71. The van der Waals surface area contributed by atoms with E-state index < -0.39 is 0 Å². The van der Waals surface area contributed by atoms with Crippen LogP contribution in [0.15, 0.2) is 31.4 Å². The maximum atomic E-state index is 11.4. The van der Waals surface area contributed by atoms with Crippen LogP contribution in [0.4, 0.5) is 0 Å². The molecule has 0 aromatic carbocycles. The van der Waals surface area contributed by atoms with Gasteiger partial charge in [0.05, 0.1) is 19.5 Å². The van der Waals surface area contributed by atoms with Crippen molar-refractivity contribution < 1.29 is 9.53 Å². The van der Waals surface area contributed by atoms with Gasteiger partial charge in [0.1, 0.15) is 0 Å². The van der Waals surface area contributed by atoms with E-state index in [9.17, 15) is 4.79 Å². The number of imidazole rings is 1. The Morgan fingerprint density at radius 1 is 1.65 bits per heavy atom. The average Bonchev–Trinajstić information content (AvgIpc) is 2.79. The summed E-state index contributed by atoms with van der Waals surface area (Å²) in [6, 6.07) is 0. The van der Waals surface area contributed by atoms with Crippen molar-refractivity contribution in [2.45, 2.75) is 13.5 Å². The maximum absolute atomic E-state index is 11.4. The Kier molecular flexibility index (Phi) is 6.03. The van der Waals surface area contributed by atoms with Gasteiger partial charge in [0.15, 0.2) is 0 Å². The van der Waals surface area contributed by atoms with Gasteiger partial charge in [-0.15, -0.1) is 6.58 Å². The monoisotopic (exact) mass is 237 g/mol. The third kappa shape index (κ3) is 5.31. The van der Waals surface area contributed by atoms with Gasteiger partial charge < -0.3 is 9.30 Å². The molecule has 1 heterocycles. The zero-order chi connectivity index (χ0) is 12.5. The van der Waals surface area contributed by atoms with E-state index in [1.54, 1.807) is 25.5 Å². The molecule has 0 atom stereocenters. The quantitative estimate of drug-likeness (QED) is 0.498. The van der Waals surface area contributed by atoms with Gasteiger partial charge in [0, 0.05) is 32.0 Å². The Morgan fingerprint density at radius 2 is 2.47 bits per heavy atom. The van der Waals surface area contributed by atoms with E-state index >= 15 is 0 Å². The van der Waals surface area contributed by atoms with Crippen LogP contribution >= 0.6 is 0 Å². The normalized spacial score (nSPS) is 10.5. The number of aromatic nitrogens is 2. The molecule has 17 heavy (non-hydrogen) atoms. The smallest absolute Gasteiger partial charge is 0.320 e. The average molecular weight is 237 g/mol. The van der Waals surface area contributed by atoms with Crippen LogP contribution in [0, 0.1) is 0 Å². The molecule has 0 aliphatic heterocycles. The highest BCUT2D eigenvalue weighted by Crippen LogP contribution is 1.94. The van der Waals surface area contributed by atoms with Gasteiger partial charge in [-0.3, -0.25) is 9.69 Å². The van der Waals surface area contributed by atoms with Crippen LogP contribution in [0.1, 0.15) is 6.92 Å². The maximum Gasteiger partial charge on any atom is 0.320 e. The molecule has 1 rings (SSSR count). The van der Waals surface area contributed by atoms with Crippen molar-refractivity contribution in [2.75, 3.05) is 26.2 Å². The second-order valence-electron chi connectivity index (χ2n) is 3.63. The second-order valence-corrected chi connectivity index (χ2v) is 3.63. The lowest BCUT2D eigenvalue weighted by molar-refractivity contribution is -0.144. The lowest BCUT2D eigenvalue weighted by Crippen LogP contribution is -2.33. The summed E-state index contributed by atoms with van der Waals surface area (Å²) in [4.78, 5) is 17.3. The minimum Gasteiger partial charge on any atom is -0.465 e. The summed E-state index contributed by atoms with van der Waals surface area (Å²) in [6.07, 6.45) is 7.18. The number of rotatable bonds is 8. The van der Waals surface area contributed by atoms with Crippen LogP contribution in [0.2, 0.25) is 0 Å². The molecule has 0 saturated heterocycles. The first-order valence-corrected chi connectivity index (χ1v) is 5.71. The van der Waals surface area contributed by atoms with Gasteiger partial charge in [-0.05, 0) is 6.92 Å². The van der Waals surface area contributed by atoms with Crippen molar-refractivity contribution in [3.05, 3.63) is 31.4 Å². The molecule has 0 saturated carbocycles. The van der Waals surface area contributed by atoms with Gasteiger partial charge in [-0.2, -0.15) is 0 Å². The SMILES string of the molecule is C=CCN(CCn1ccnc1)CC(=O)OCC. The van der Waals surface area contributed by atoms with Gasteiger partial charge in [0.2, 0.25) is 0 Å². The van der Waals surface area contributed by atoms with E-state index in [1.807, 2.05) is 15.7 Å². The molecule has 0 radical (unpaired) electrons. The summed E-state index contributed by atoms with van der Waals surface area (Å²) in [7, 11) is 0. The number of carbonyl (C=O) groups excluding carboxylic acids is 1. The molecule has 0 unspecified atom stereocenters. The fourth-order valence-corrected chi connectivity index (χ4v) is 1.48. The summed E-state index contributed by atoms with van der Waals surface area (Å²) in [5.74, 6) is -0.194. The van der Waals surface area contributed by atoms with Crippen molar-refractivity contribution in [3.63, 3.8) is 0 Å². The third-order valence-electron chi connectivity index (χ3n) is 2.28. The Bertz CT molecular complexity index is 336. The van der Waals surface area contributed by atoms with E-state index in [0.717, 1.165) is 13.1 Å². The zero-order valence-corrected chi connectivity index (χ0v) is 10.2. The fraction of sp³-hybridized carbons (Fsp3) is 0.500. The predicted octanol–water partition coefficient (Wildman–Crippen LogP) is 0.934. The van der Waals surface area contributed by atoms with Crippen LogP contribution in [0.5, 0.6) is 0 Å². The number of ether oxygens (including phenoxy) is 1. The lowest BCUT2D eigenvalue weighted by atomic mass is 10.4. The number of hydrogen-bond acceptors (Lipinski definition) is 4. The zero-order valence-electron chi connectivity index (χ0n) is 10.2. The number of nitrogens with zero attached hydrogens (tertiary/aromatic N) is 3. The van der Waals surface area contributed by atoms with Gasteiger partial charge in [-0.25, -0.2) is 4.98 Å². The third-order valence-corrected chi connectivity index (χ3v) is 2.28. The van der Waals surface area contributed by atoms with Gasteiger partial charge in [0.25, 0.3) is 0 Å². The fourth-order valence-electron chi connectivity index (χ4n) is 1.48. The van der Waals surface area contributed by atoms with Crippen LogP contribution in [-0.4, -0.2) is 46.7 Å². The largest absolute Gasteiger partial charge is 0.465 e. The van der Waals surface area contributed by atoms with Crippen molar-refractivity contribution >= 4 is 5.97 Å². The molecule has 94 valence electrons. The molecular weight excluding hydrogens is 218 g/mol. The number of hydrogen-bond donors (Lipinski definition) is 0. The molecule has 0 aliphatic carbocycles.